The first kappa shape index (κ1) is 23.0. The molecule has 31 heavy (non-hydrogen) atoms. The highest BCUT2D eigenvalue weighted by Gasteiger charge is 2.26. The number of hydrogen-bond acceptors (Lipinski definition) is 5. The van der Waals surface area contributed by atoms with E-state index in [4.69, 9.17) is 4.74 Å². The van der Waals surface area contributed by atoms with Crippen LogP contribution in [0.1, 0.15) is 54.9 Å². The monoisotopic (exact) mass is 444 g/mol. The van der Waals surface area contributed by atoms with E-state index in [1.807, 2.05) is 12.1 Å². The number of carbonyl (C=O) groups excluding carboxylic acids is 2. The third-order valence-corrected chi connectivity index (χ3v) is 7.11. The predicted octanol–water partition coefficient (Wildman–Crippen LogP) is 3.78. The molecule has 0 unspecified atom stereocenters. The molecule has 1 aliphatic heterocycles. The molecule has 0 saturated carbocycles. The van der Waals surface area contributed by atoms with Crippen LogP contribution in [-0.2, 0) is 19.6 Å². The Morgan fingerprint density at radius 3 is 2.35 bits per heavy atom. The molecule has 1 N–H and O–H groups in total. The third kappa shape index (κ3) is 5.92. The third-order valence-electron chi connectivity index (χ3n) is 5.22. The van der Waals surface area contributed by atoms with Gasteiger partial charge in [0.25, 0.3) is 5.91 Å². The molecule has 0 atom stereocenters. The summed E-state index contributed by atoms with van der Waals surface area (Å²) in [4.78, 5) is 24.5. The van der Waals surface area contributed by atoms with Crippen LogP contribution >= 0.6 is 0 Å². The maximum Gasteiger partial charge on any atom is 0.338 e. The second-order valence-electron chi connectivity index (χ2n) is 7.89. The lowest BCUT2D eigenvalue weighted by atomic mass is 10.0. The maximum absolute atomic E-state index is 12.8. The molecule has 1 aliphatic rings. The van der Waals surface area contributed by atoms with Gasteiger partial charge in [-0.2, -0.15) is 4.31 Å². The highest BCUT2D eigenvalue weighted by Crippen LogP contribution is 2.22. The molecule has 2 aromatic carbocycles. The zero-order chi connectivity index (χ0) is 22.4. The highest BCUT2D eigenvalue weighted by molar-refractivity contribution is 7.89. The lowest BCUT2D eigenvalue weighted by Gasteiger charge is -2.25. The van der Waals surface area contributed by atoms with E-state index < -0.39 is 28.5 Å². The van der Waals surface area contributed by atoms with Crippen molar-refractivity contribution in [2.45, 2.75) is 43.9 Å². The number of benzene rings is 2. The van der Waals surface area contributed by atoms with Crippen LogP contribution in [0.5, 0.6) is 0 Å². The Labute approximate surface area is 183 Å². The minimum atomic E-state index is -3.65. The van der Waals surface area contributed by atoms with Gasteiger partial charge in [-0.25, -0.2) is 13.2 Å². The topological polar surface area (TPSA) is 92.8 Å². The Morgan fingerprint density at radius 2 is 1.71 bits per heavy atom. The van der Waals surface area contributed by atoms with E-state index in [-0.39, 0.29) is 10.5 Å². The summed E-state index contributed by atoms with van der Waals surface area (Å²) in [5, 5.41) is 2.67. The first-order chi connectivity index (χ1) is 14.8. The van der Waals surface area contributed by atoms with Crippen LogP contribution in [0, 0.1) is 0 Å². The molecule has 166 valence electrons. The summed E-state index contributed by atoms with van der Waals surface area (Å²) in [6.07, 6.45) is 2.68. The number of sulfonamides is 1. The average Bonchev–Trinajstić information content (AvgIpc) is 2.78. The molecule has 1 fully saturated rings. The second-order valence-corrected chi connectivity index (χ2v) is 9.83. The van der Waals surface area contributed by atoms with E-state index in [1.54, 1.807) is 12.1 Å². The molecule has 3 rings (SSSR count). The van der Waals surface area contributed by atoms with Gasteiger partial charge in [-0.1, -0.05) is 38.5 Å². The number of amides is 1. The van der Waals surface area contributed by atoms with Gasteiger partial charge in [-0.3, -0.25) is 4.79 Å². The van der Waals surface area contributed by atoms with Gasteiger partial charge in [-0.05, 0) is 54.7 Å². The van der Waals surface area contributed by atoms with Crippen LogP contribution in [-0.4, -0.2) is 44.3 Å². The predicted molar refractivity (Wildman–Crippen MR) is 118 cm³/mol. The van der Waals surface area contributed by atoms with Crippen LogP contribution < -0.4 is 5.32 Å². The van der Waals surface area contributed by atoms with Gasteiger partial charge in [-0.15, -0.1) is 0 Å². The minimum absolute atomic E-state index is 0.0542. The number of piperidine rings is 1. The van der Waals surface area contributed by atoms with Crippen molar-refractivity contribution < 1.29 is 22.7 Å². The van der Waals surface area contributed by atoms with Gasteiger partial charge in [0.05, 0.1) is 10.5 Å². The minimum Gasteiger partial charge on any atom is -0.452 e. The van der Waals surface area contributed by atoms with Gasteiger partial charge in [0.2, 0.25) is 10.0 Å². The molecule has 1 heterocycles. The number of hydrogen-bond donors (Lipinski definition) is 1. The SMILES string of the molecule is CC(C)c1ccc(NC(=O)COC(=O)c2cccc(S(=O)(=O)N3CCCCC3)c2)cc1. The fourth-order valence-electron chi connectivity index (χ4n) is 3.40. The van der Waals surface area contributed by atoms with Crippen molar-refractivity contribution in [1.82, 2.24) is 4.31 Å². The fraction of sp³-hybridized carbons (Fsp3) is 0.391. The molecular formula is C23H28N2O5S. The Morgan fingerprint density at radius 1 is 1.03 bits per heavy atom. The summed E-state index contributed by atoms with van der Waals surface area (Å²) in [6, 6.07) is 13.2. The summed E-state index contributed by atoms with van der Waals surface area (Å²) >= 11 is 0. The number of rotatable bonds is 7. The number of carbonyl (C=O) groups is 2. The molecule has 0 bridgehead atoms. The van der Waals surface area contributed by atoms with Crippen LogP contribution in [0.15, 0.2) is 53.4 Å². The van der Waals surface area contributed by atoms with Crippen LogP contribution in [0.3, 0.4) is 0 Å². The Bertz CT molecular complexity index is 1030. The number of nitrogens with one attached hydrogen (secondary N) is 1. The Balaban J connectivity index is 1.59. The van der Waals surface area contributed by atoms with Crippen molar-refractivity contribution in [2.24, 2.45) is 0 Å². The smallest absolute Gasteiger partial charge is 0.338 e. The molecule has 0 radical (unpaired) electrons. The summed E-state index contributed by atoms with van der Waals surface area (Å²) in [6.45, 7) is 4.66. The van der Waals surface area contributed by atoms with Gasteiger partial charge in [0, 0.05) is 18.8 Å². The first-order valence-electron chi connectivity index (χ1n) is 10.4. The Kier molecular flexibility index (Phi) is 7.46. The number of ether oxygens (including phenoxy) is 1. The van der Waals surface area contributed by atoms with Crippen molar-refractivity contribution >= 4 is 27.6 Å². The van der Waals surface area contributed by atoms with E-state index in [2.05, 4.69) is 19.2 Å². The summed E-state index contributed by atoms with van der Waals surface area (Å²) < 4.78 is 32.1. The summed E-state index contributed by atoms with van der Waals surface area (Å²) in [7, 11) is -3.65. The van der Waals surface area contributed by atoms with E-state index in [0.717, 1.165) is 24.8 Å². The summed E-state index contributed by atoms with van der Waals surface area (Å²) in [5.41, 5.74) is 1.86. The van der Waals surface area contributed by atoms with E-state index in [0.29, 0.717) is 24.7 Å². The van der Waals surface area contributed by atoms with Gasteiger partial charge in [0.1, 0.15) is 0 Å². The van der Waals surface area contributed by atoms with E-state index in [9.17, 15) is 18.0 Å². The van der Waals surface area contributed by atoms with Gasteiger partial charge < -0.3 is 10.1 Å². The first-order valence-corrected chi connectivity index (χ1v) is 11.9. The Hall–Kier alpha value is -2.71. The normalized spacial score (nSPS) is 14.9. The lowest BCUT2D eigenvalue weighted by Crippen LogP contribution is -2.35. The van der Waals surface area contributed by atoms with Crippen LogP contribution in [0.2, 0.25) is 0 Å². The zero-order valence-corrected chi connectivity index (χ0v) is 18.7. The summed E-state index contributed by atoms with van der Waals surface area (Å²) in [5.74, 6) is -0.830. The molecular weight excluding hydrogens is 416 g/mol. The van der Waals surface area contributed by atoms with Crippen molar-refractivity contribution in [2.75, 3.05) is 25.0 Å². The van der Waals surface area contributed by atoms with Crippen molar-refractivity contribution in [3.05, 3.63) is 59.7 Å². The van der Waals surface area contributed by atoms with E-state index in [1.165, 1.54) is 28.6 Å². The zero-order valence-electron chi connectivity index (χ0n) is 17.8. The molecule has 0 aliphatic carbocycles. The maximum atomic E-state index is 12.8. The van der Waals surface area contributed by atoms with Crippen molar-refractivity contribution in [3.63, 3.8) is 0 Å². The van der Waals surface area contributed by atoms with Crippen LogP contribution in [0.25, 0.3) is 0 Å². The molecule has 7 nitrogen and oxygen atoms in total. The number of nitrogens with zero attached hydrogens (tertiary/aromatic N) is 1. The standard InChI is InChI=1S/C23H28N2O5S/c1-17(2)18-9-11-20(12-10-18)24-22(26)16-30-23(27)19-7-6-8-21(15-19)31(28,29)25-13-4-3-5-14-25/h6-12,15,17H,3-5,13-14,16H2,1-2H3,(H,24,26). The highest BCUT2D eigenvalue weighted by atomic mass is 32.2. The average molecular weight is 445 g/mol. The van der Waals surface area contributed by atoms with Crippen LogP contribution in [0.4, 0.5) is 5.69 Å². The molecule has 1 amide bonds. The van der Waals surface area contributed by atoms with Gasteiger partial charge in [0.15, 0.2) is 6.61 Å². The molecule has 2 aromatic rings. The van der Waals surface area contributed by atoms with Crippen molar-refractivity contribution in [1.29, 1.82) is 0 Å². The quantitative estimate of drug-likeness (QED) is 0.656. The second kappa shape index (κ2) is 10.1. The molecule has 8 heteroatoms. The molecule has 1 saturated heterocycles. The van der Waals surface area contributed by atoms with Gasteiger partial charge >= 0.3 is 5.97 Å². The molecule has 0 aromatic heterocycles. The largest absolute Gasteiger partial charge is 0.452 e. The van der Waals surface area contributed by atoms with Crippen molar-refractivity contribution in [3.8, 4) is 0 Å². The number of anilines is 1. The number of esters is 1. The fourth-order valence-corrected chi connectivity index (χ4v) is 4.96. The lowest BCUT2D eigenvalue weighted by molar-refractivity contribution is -0.119. The molecule has 0 spiro atoms. The van der Waals surface area contributed by atoms with E-state index >= 15 is 0 Å².